The Hall–Kier alpha value is -1.01. The van der Waals surface area contributed by atoms with Crippen LogP contribution in [0.5, 0.6) is 0 Å². The number of alkyl halides is 2. The van der Waals surface area contributed by atoms with Crippen molar-refractivity contribution in [3.8, 4) is 0 Å². The molecule has 1 unspecified atom stereocenters. The Bertz CT molecular complexity index is 462. The van der Waals surface area contributed by atoms with E-state index in [2.05, 4.69) is 21.9 Å². The lowest BCUT2D eigenvalue weighted by Crippen LogP contribution is -2.42. The fourth-order valence-electron chi connectivity index (χ4n) is 3.75. The van der Waals surface area contributed by atoms with Gasteiger partial charge >= 0.3 is 6.55 Å². The van der Waals surface area contributed by atoms with Crippen LogP contribution in [0, 0.1) is 5.41 Å². The summed E-state index contributed by atoms with van der Waals surface area (Å²) in [5.74, 6) is 0. The first kappa shape index (κ1) is 13.9. The van der Waals surface area contributed by atoms with E-state index in [0.717, 1.165) is 30.0 Å². The Labute approximate surface area is 118 Å². The summed E-state index contributed by atoms with van der Waals surface area (Å²) < 4.78 is 25.7. The Morgan fingerprint density at radius 3 is 2.85 bits per heavy atom. The van der Waals surface area contributed by atoms with Crippen molar-refractivity contribution >= 4 is 0 Å². The summed E-state index contributed by atoms with van der Waals surface area (Å²) in [4.78, 5) is 4.77. The van der Waals surface area contributed by atoms with Gasteiger partial charge in [0, 0.05) is 25.8 Å². The van der Waals surface area contributed by atoms with Crippen molar-refractivity contribution in [3.63, 3.8) is 0 Å². The predicted octanol–water partition coefficient (Wildman–Crippen LogP) is 2.20. The Kier molecular flexibility index (Phi) is 3.77. The molecular formula is C14H22F2N4. The van der Waals surface area contributed by atoms with Gasteiger partial charge < -0.3 is 4.90 Å². The van der Waals surface area contributed by atoms with Gasteiger partial charge in [0.05, 0.1) is 5.69 Å². The Morgan fingerprint density at radius 1 is 1.30 bits per heavy atom. The molecule has 2 aliphatic rings. The molecule has 1 aromatic rings. The van der Waals surface area contributed by atoms with E-state index in [1.807, 2.05) is 0 Å². The number of hydrogen-bond donors (Lipinski definition) is 0. The van der Waals surface area contributed by atoms with E-state index >= 15 is 0 Å². The zero-order valence-electron chi connectivity index (χ0n) is 11.9. The zero-order valence-corrected chi connectivity index (χ0v) is 11.9. The molecular weight excluding hydrogens is 262 g/mol. The molecule has 0 amide bonds. The van der Waals surface area contributed by atoms with Crippen LogP contribution in [0.3, 0.4) is 0 Å². The maximum Gasteiger partial charge on any atom is 0.333 e. The van der Waals surface area contributed by atoms with Gasteiger partial charge in [-0.25, -0.2) is 4.68 Å². The molecule has 3 heterocycles. The minimum atomic E-state index is -2.54. The van der Waals surface area contributed by atoms with Gasteiger partial charge in [-0.1, -0.05) is 0 Å². The molecule has 2 fully saturated rings. The van der Waals surface area contributed by atoms with E-state index in [9.17, 15) is 8.78 Å². The molecule has 0 saturated carbocycles. The zero-order chi connectivity index (χ0) is 14.2. The van der Waals surface area contributed by atoms with E-state index in [0.29, 0.717) is 12.0 Å². The van der Waals surface area contributed by atoms with E-state index in [1.165, 1.54) is 32.0 Å². The number of aromatic nitrogens is 2. The molecule has 112 valence electrons. The van der Waals surface area contributed by atoms with Crippen LogP contribution in [-0.4, -0.2) is 52.8 Å². The largest absolute Gasteiger partial charge is 0.333 e. The van der Waals surface area contributed by atoms with E-state index in [1.54, 1.807) is 6.07 Å². The molecule has 1 atom stereocenters. The summed E-state index contributed by atoms with van der Waals surface area (Å²) in [5.41, 5.74) is 1.16. The maximum absolute atomic E-state index is 12.5. The number of halogens is 2. The van der Waals surface area contributed by atoms with E-state index in [4.69, 9.17) is 0 Å². The standard InChI is InChI=1S/C14H22F2N4/c1-18-6-2-4-14(10-18)5-8-19(11-14)9-12-3-7-20(17-12)13(15)16/h3,7,13H,2,4-6,8-11H2,1H3. The van der Waals surface area contributed by atoms with Gasteiger partial charge in [0.1, 0.15) is 0 Å². The molecule has 1 spiro atoms. The van der Waals surface area contributed by atoms with Crippen LogP contribution in [0.2, 0.25) is 0 Å². The average Bonchev–Trinajstić information content (AvgIpc) is 2.98. The highest BCUT2D eigenvalue weighted by atomic mass is 19.3. The first-order valence-corrected chi connectivity index (χ1v) is 7.29. The monoisotopic (exact) mass is 284 g/mol. The van der Waals surface area contributed by atoms with Crippen LogP contribution in [0.25, 0.3) is 0 Å². The van der Waals surface area contributed by atoms with Crippen molar-refractivity contribution in [3.05, 3.63) is 18.0 Å². The third kappa shape index (κ3) is 2.86. The van der Waals surface area contributed by atoms with Crippen LogP contribution in [0.1, 0.15) is 31.5 Å². The van der Waals surface area contributed by atoms with Crippen LogP contribution < -0.4 is 0 Å². The van der Waals surface area contributed by atoms with Gasteiger partial charge in [-0.15, -0.1) is 0 Å². The Morgan fingerprint density at radius 2 is 2.15 bits per heavy atom. The van der Waals surface area contributed by atoms with Crippen molar-refractivity contribution in [1.82, 2.24) is 19.6 Å². The van der Waals surface area contributed by atoms with Crippen molar-refractivity contribution in [2.24, 2.45) is 5.41 Å². The number of piperidine rings is 1. The van der Waals surface area contributed by atoms with Crippen LogP contribution in [0.4, 0.5) is 8.78 Å². The van der Waals surface area contributed by atoms with Gasteiger partial charge in [0.2, 0.25) is 0 Å². The first-order valence-electron chi connectivity index (χ1n) is 7.29. The van der Waals surface area contributed by atoms with Gasteiger partial charge in [-0.3, -0.25) is 4.90 Å². The van der Waals surface area contributed by atoms with Crippen LogP contribution in [-0.2, 0) is 6.54 Å². The minimum Gasteiger partial charge on any atom is -0.306 e. The molecule has 3 rings (SSSR count). The number of hydrogen-bond acceptors (Lipinski definition) is 3. The molecule has 0 aromatic carbocycles. The SMILES string of the molecule is CN1CCCC2(CCN(Cc3ccn(C(F)F)n3)C2)C1. The Balaban J connectivity index is 1.59. The van der Waals surface area contributed by atoms with E-state index < -0.39 is 6.55 Å². The molecule has 0 radical (unpaired) electrons. The third-order valence-electron chi connectivity index (χ3n) is 4.62. The van der Waals surface area contributed by atoms with Crippen LogP contribution in [0.15, 0.2) is 12.3 Å². The second-order valence-electron chi connectivity index (χ2n) is 6.37. The lowest BCUT2D eigenvalue weighted by atomic mass is 9.79. The van der Waals surface area contributed by atoms with Crippen molar-refractivity contribution < 1.29 is 8.78 Å². The molecule has 6 heteroatoms. The third-order valence-corrected chi connectivity index (χ3v) is 4.62. The molecule has 20 heavy (non-hydrogen) atoms. The van der Waals surface area contributed by atoms with Gasteiger partial charge in [0.15, 0.2) is 0 Å². The van der Waals surface area contributed by atoms with Crippen molar-refractivity contribution in [1.29, 1.82) is 0 Å². The molecule has 2 aliphatic heterocycles. The summed E-state index contributed by atoms with van der Waals surface area (Å²) in [5, 5.41) is 3.94. The maximum atomic E-state index is 12.5. The van der Waals surface area contributed by atoms with Crippen LogP contribution >= 0.6 is 0 Å². The smallest absolute Gasteiger partial charge is 0.306 e. The van der Waals surface area contributed by atoms with E-state index in [-0.39, 0.29) is 0 Å². The molecule has 1 aromatic heterocycles. The molecule has 4 nitrogen and oxygen atoms in total. The lowest BCUT2D eigenvalue weighted by Gasteiger charge is -2.38. The number of nitrogens with zero attached hydrogens (tertiary/aromatic N) is 4. The molecule has 0 aliphatic carbocycles. The number of likely N-dealkylation sites (tertiary alicyclic amines) is 2. The highest BCUT2D eigenvalue weighted by Crippen LogP contribution is 2.38. The normalized spacial score (nSPS) is 28.8. The summed E-state index contributed by atoms with van der Waals surface area (Å²) >= 11 is 0. The van der Waals surface area contributed by atoms with Gasteiger partial charge in [-0.2, -0.15) is 13.9 Å². The second-order valence-corrected chi connectivity index (χ2v) is 6.37. The van der Waals surface area contributed by atoms with Crippen molar-refractivity contribution in [2.75, 3.05) is 33.2 Å². The summed E-state index contributed by atoms with van der Waals surface area (Å²) in [6, 6.07) is 1.70. The lowest BCUT2D eigenvalue weighted by molar-refractivity contribution is 0.0557. The first-order chi connectivity index (χ1) is 9.56. The minimum absolute atomic E-state index is 0.415. The highest BCUT2D eigenvalue weighted by molar-refractivity contribution is 5.02. The molecule has 2 saturated heterocycles. The fourth-order valence-corrected chi connectivity index (χ4v) is 3.75. The summed E-state index contributed by atoms with van der Waals surface area (Å²) in [7, 11) is 2.19. The second kappa shape index (κ2) is 5.41. The van der Waals surface area contributed by atoms with Gasteiger partial charge in [0.25, 0.3) is 0 Å². The number of rotatable bonds is 3. The summed E-state index contributed by atoms with van der Waals surface area (Å²) in [6.07, 6.45) is 5.14. The summed E-state index contributed by atoms with van der Waals surface area (Å²) in [6.45, 7) is 2.62. The highest BCUT2D eigenvalue weighted by Gasteiger charge is 2.40. The van der Waals surface area contributed by atoms with Crippen molar-refractivity contribution in [2.45, 2.75) is 32.4 Å². The molecule has 0 N–H and O–H groups in total. The van der Waals surface area contributed by atoms with Gasteiger partial charge in [-0.05, 0) is 50.9 Å². The quantitative estimate of drug-likeness (QED) is 0.850. The molecule has 0 bridgehead atoms. The average molecular weight is 284 g/mol. The fraction of sp³-hybridized carbons (Fsp3) is 0.786. The predicted molar refractivity (Wildman–Crippen MR) is 72.5 cm³/mol. The topological polar surface area (TPSA) is 24.3 Å².